The third kappa shape index (κ3) is 9.82. The van der Waals surface area contributed by atoms with Crippen LogP contribution in [0.3, 0.4) is 0 Å². The van der Waals surface area contributed by atoms with Gasteiger partial charge in [0.15, 0.2) is 34.6 Å². The Hall–Kier alpha value is -1.39. The molecule has 0 unspecified atom stereocenters. The molecule has 0 saturated heterocycles. The zero-order valence-electron chi connectivity index (χ0n) is 21.4. The van der Waals surface area contributed by atoms with Crippen molar-refractivity contribution in [2.75, 3.05) is 21.3 Å². The van der Waals surface area contributed by atoms with Gasteiger partial charge in [0.1, 0.15) is 7.82 Å². The molecule has 36 heavy (non-hydrogen) atoms. The summed E-state index contributed by atoms with van der Waals surface area (Å²) >= 11 is 0. The Bertz CT molecular complexity index is 1170. The average Bonchev–Trinajstić information content (AvgIpc) is 2.80. The van der Waals surface area contributed by atoms with E-state index in [9.17, 15) is 23.9 Å². The van der Waals surface area contributed by atoms with Gasteiger partial charge in [0.05, 0.1) is 26.7 Å². The fourth-order valence-corrected chi connectivity index (χ4v) is 3.21. The number of hydrogen-bond donors (Lipinski definition) is 0. The first-order valence-corrected chi connectivity index (χ1v) is 11.4. The first kappa shape index (κ1) is 34.6. The minimum absolute atomic E-state index is 0. The molecule has 0 saturated carbocycles. The maximum absolute atomic E-state index is 12.7. The summed E-state index contributed by atoms with van der Waals surface area (Å²) in [5.74, 6) is -0.0597. The largest absolute Gasteiger partial charge is 1.00 e. The van der Waals surface area contributed by atoms with Crippen molar-refractivity contribution in [3.05, 3.63) is 59.7 Å². The van der Waals surface area contributed by atoms with Crippen LogP contribution in [0.4, 0.5) is 0 Å². The molecule has 0 N–H and O–H groups in total. The van der Waals surface area contributed by atoms with E-state index in [1.54, 1.807) is 24.3 Å². The minimum atomic E-state index is -5.25. The van der Waals surface area contributed by atoms with Crippen LogP contribution in [0.5, 0.6) is 23.0 Å². The van der Waals surface area contributed by atoms with Gasteiger partial charge in [-0.2, -0.15) is 0 Å². The van der Waals surface area contributed by atoms with Gasteiger partial charge in [-0.3, -0.25) is 9.59 Å². The van der Waals surface area contributed by atoms with Gasteiger partial charge in [-0.25, -0.2) is 0 Å². The van der Waals surface area contributed by atoms with Crippen molar-refractivity contribution < 1.29 is 102 Å². The molecule has 0 fully saturated rings. The average molecular weight is 534 g/mol. The third-order valence-electron chi connectivity index (χ3n) is 4.89. The van der Waals surface area contributed by atoms with Crippen molar-refractivity contribution in [3.8, 4) is 23.0 Å². The van der Waals surface area contributed by atoms with Crippen LogP contribution in [0.1, 0.15) is 25.0 Å². The van der Waals surface area contributed by atoms with Crippen molar-refractivity contribution in [1.29, 1.82) is 0 Å². The number of rotatable bonds is 11. The molecule has 182 valence electrons. The van der Waals surface area contributed by atoms with Crippen LogP contribution >= 0.6 is 7.82 Å². The van der Waals surface area contributed by atoms with Gasteiger partial charge in [-0.05, 0) is 61.4 Å². The SMILES string of the molecule is COc1ccc(/C=C/C(=O)C(C)(C)C(=O)/C=C/c2ccc(OP(=O)([O-])[O-])c(OC)c2)cc1OC.[Na+].[Na+]. The second kappa shape index (κ2) is 15.1. The quantitative estimate of drug-likeness (QED) is 0.127. The molecule has 0 aliphatic rings. The predicted molar refractivity (Wildman–Crippen MR) is 123 cm³/mol. The Morgan fingerprint density at radius 3 is 1.53 bits per heavy atom. The van der Waals surface area contributed by atoms with Crippen molar-refractivity contribution in [3.63, 3.8) is 0 Å². The Labute approximate surface area is 254 Å². The van der Waals surface area contributed by atoms with E-state index < -0.39 is 24.8 Å². The summed E-state index contributed by atoms with van der Waals surface area (Å²) < 4.78 is 30.6. The molecular weight excluding hydrogens is 509 g/mol. The van der Waals surface area contributed by atoms with Gasteiger partial charge in [0.2, 0.25) is 0 Å². The first-order valence-electron chi connectivity index (χ1n) is 9.98. The number of hydrogen-bond acceptors (Lipinski definition) is 9. The first-order chi connectivity index (χ1) is 15.9. The maximum atomic E-state index is 12.7. The monoisotopic (exact) mass is 534 g/mol. The summed E-state index contributed by atoms with van der Waals surface area (Å²) in [6.45, 7) is 3.02. The number of carbonyl (C=O) groups is 2. The van der Waals surface area contributed by atoms with Gasteiger partial charge in [-0.15, -0.1) is 0 Å². The van der Waals surface area contributed by atoms with Gasteiger partial charge in [0.25, 0.3) is 0 Å². The van der Waals surface area contributed by atoms with Gasteiger partial charge >= 0.3 is 59.1 Å². The molecule has 0 radical (unpaired) electrons. The third-order valence-corrected chi connectivity index (χ3v) is 5.31. The number of phosphoric acid groups is 1. The van der Waals surface area contributed by atoms with Crippen molar-refractivity contribution >= 4 is 31.5 Å². The van der Waals surface area contributed by atoms with Crippen LogP contribution in [0, 0.1) is 5.41 Å². The Morgan fingerprint density at radius 2 is 1.14 bits per heavy atom. The summed E-state index contributed by atoms with van der Waals surface area (Å²) in [4.78, 5) is 47.1. The fourth-order valence-electron chi connectivity index (χ4n) is 2.82. The molecule has 0 spiro atoms. The molecule has 0 heterocycles. The van der Waals surface area contributed by atoms with Gasteiger partial charge in [-0.1, -0.05) is 24.3 Å². The number of carbonyl (C=O) groups excluding carboxylic acids is 2. The van der Waals surface area contributed by atoms with Crippen LogP contribution < -0.4 is 87.6 Å². The number of ether oxygens (including phenoxy) is 3. The molecule has 2 aromatic rings. The summed E-state index contributed by atoms with van der Waals surface area (Å²) in [7, 11) is -0.954. The van der Waals surface area contributed by atoms with Crippen LogP contribution in [0.25, 0.3) is 12.2 Å². The smallest absolute Gasteiger partial charge is 0.780 e. The van der Waals surface area contributed by atoms with E-state index in [0.29, 0.717) is 22.6 Å². The Morgan fingerprint density at radius 1 is 0.750 bits per heavy atom. The minimum Gasteiger partial charge on any atom is -0.780 e. The maximum Gasteiger partial charge on any atom is 1.00 e. The summed E-state index contributed by atoms with van der Waals surface area (Å²) in [5.41, 5.74) is -0.178. The second-order valence-corrected chi connectivity index (χ2v) is 8.66. The Kier molecular flexibility index (Phi) is 14.5. The predicted octanol–water partition coefficient (Wildman–Crippen LogP) is -3.18. The number of methoxy groups -OCH3 is 3. The number of allylic oxidation sites excluding steroid dienone is 2. The molecule has 12 heteroatoms. The Balaban J connectivity index is 0.00000612. The molecule has 0 aromatic heterocycles. The van der Waals surface area contributed by atoms with Gasteiger partial charge < -0.3 is 33.1 Å². The van der Waals surface area contributed by atoms with E-state index in [1.165, 1.54) is 71.6 Å². The van der Waals surface area contributed by atoms with E-state index >= 15 is 0 Å². The van der Waals surface area contributed by atoms with Crippen LogP contribution in [0.2, 0.25) is 0 Å². The topological polar surface area (TPSA) is 134 Å². The van der Waals surface area contributed by atoms with E-state index in [2.05, 4.69) is 4.52 Å². The van der Waals surface area contributed by atoms with Crippen molar-refractivity contribution in [2.45, 2.75) is 13.8 Å². The second-order valence-electron chi connectivity index (χ2n) is 7.58. The standard InChI is InChI=1S/C24H27O9P.2Na/c1-24(2,22(25)12-8-16-6-10-18(30-3)20(14-16)31-4)23(26)13-9-17-7-11-19(21(15-17)32-5)33-34(27,28)29;;/h6-15H,1-5H3,(H2,27,28,29);;/q;2*+1/p-2/b12-8+,13-9+;;. The van der Waals surface area contributed by atoms with E-state index in [4.69, 9.17) is 14.2 Å². The van der Waals surface area contributed by atoms with Crippen LogP contribution in [-0.2, 0) is 14.2 Å². The van der Waals surface area contributed by atoms with E-state index in [1.807, 2.05) is 0 Å². The molecule has 0 atom stereocenters. The van der Waals surface area contributed by atoms with E-state index in [-0.39, 0.29) is 70.6 Å². The van der Waals surface area contributed by atoms with Crippen LogP contribution in [0.15, 0.2) is 48.6 Å². The molecule has 2 rings (SSSR count). The zero-order chi connectivity index (χ0) is 25.5. The van der Waals surface area contributed by atoms with Crippen molar-refractivity contribution in [1.82, 2.24) is 0 Å². The normalized spacial score (nSPS) is 11.4. The molecule has 0 aliphatic heterocycles. The molecule has 2 aromatic carbocycles. The molecule has 0 bridgehead atoms. The number of phosphoric ester groups is 1. The van der Waals surface area contributed by atoms with Gasteiger partial charge in [0, 0.05) is 0 Å². The fraction of sp³-hybridized carbons (Fsp3) is 0.250. The summed E-state index contributed by atoms with van der Waals surface area (Å²) in [6, 6.07) is 9.21. The summed E-state index contributed by atoms with van der Waals surface area (Å²) in [6.07, 6.45) is 5.59. The van der Waals surface area contributed by atoms with Crippen molar-refractivity contribution in [2.24, 2.45) is 5.41 Å². The zero-order valence-corrected chi connectivity index (χ0v) is 26.3. The molecule has 9 nitrogen and oxygen atoms in total. The summed E-state index contributed by atoms with van der Waals surface area (Å²) in [5, 5.41) is 0. The molecule has 0 amide bonds. The number of ketones is 2. The van der Waals surface area contributed by atoms with Crippen LogP contribution in [-0.4, -0.2) is 32.9 Å². The number of benzene rings is 2. The molecular formula is C24H25Na2O9P. The molecule has 0 aliphatic carbocycles. The van der Waals surface area contributed by atoms with E-state index in [0.717, 1.165) is 0 Å².